The molecule has 0 saturated carbocycles. The summed E-state index contributed by atoms with van der Waals surface area (Å²) in [6.07, 6.45) is 0.606. The molecule has 0 aromatic heterocycles. The van der Waals surface area contributed by atoms with Crippen LogP contribution in [0, 0.1) is 0 Å². The van der Waals surface area contributed by atoms with Crippen molar-refractivity contribution in [2.24, 2.45) is 0 Å². The van der Waals surface area contributed by atoms with Gasteiger partial charge in [0.05, 0.1) is 6.54 Å². The van der Waals surface area contributed by atoms with Crippen LogP contribution in [0.4, 0.5) is 0 Å². The zero-order valence-electron chi connectivity index (χ0n) is 8.59. The predicted octanol–water partition coefficient (Wildman–Crippen LogP) is -0.0943. The molecule has 0 aliphatic carbocycles. The minimum absolute atomic E-state index is 0.0742. The quantitative estimate of drug-likeness (QED) is 0.802. The van der Waals surface area contributed by atoms with E-state index in [2.05, 4.69) is 0 Å². The molecular formula is C10H12N2O3S. The summed E-state index contributed by atoms with van der Waals surface area (Å²) in [6.45, 7) is 0.250. The van der Waals surface area contributed by atoms with Gasteiger partial charge < -0.3 is 0 Å². The third-order valence-corrected chi connectivity index (χ3v) is 3.87. The molecule has 5 nitrogen and oxygen atoms in total. The average molecular weight is 240 g/mol. The standard InChI is InChI=1S/C10H12N2O3S/c13-10-8-12(16(14,15)11-10)7-6-9-4-2-1-3-5-9/h1-5H,6-8H2,(H,11,13). The van der Waals surface area contributed by atoms with Crippen LogP contribution in [-0.2, 0) is 21.4 Å². The van der Waals surface area contributed by atoms with Gasteiger partial charge in [-0.1, -0.05) is 30.3 Å². The van der Waals surface area contributed by atoms with E-state index < -0.39 is 16.1 Å². The molecule has 0 atom stereocenters. The lowest BCUT2D eigenvalue weighted by atomic mass is 10.1. The molecule has 16 heavy (non-hydrogen) atoms. The third-order valence-electron chi connectivity index (χ3n) is 2.40. The first-order valence-corrected chi connectivity index (χ1v) is 6.36. The molecule has 1 fully saturated rings. The Bertz CT molecular complexity index is 484. The maximum absolute atomic E-state index is 11.4. The van der Waals surface area contributed by atoms with Crippen LogP contribution in [0.3, 0.4) is 0 Å². The van der Waals surface area contributed by atoms with Crippen molar-refractivity contribution in [2.45, 2.75) is 6.42 Å². The number of hydrogen-bond acceptors (Lipinski definition) is 3. The van der Waals surface area contributed by atoms with Crippen molar-refractivity contribution in [2.75, 3.05) is 13.1 Å². The summed E-state index contributed by atoms with van der Waals surface area (Å²) in [5.41, 5.74) is 1.05. The van der Waals surface area contributed by atoms with E-state index in [0.717, 1.165) is 9.87 Å². The minimum Gasteiger partial charge on any atom is -0.272 e. The number of carbonyl (C=O) groups excluding carboxylic acids is 1. The molecule has 1 heterocycles. The normalized spacial score (nSPS) is 19.6. The molecule has 1 aromatic rings. The SMILES string of the molecule is O=C1CN(CCc2ccccc2)S(=O)(=O)N1. The molecule has 1 N–H and O–H groups in total. The Hall–Kier alpha value is -1.40. The highest BCUT2D eigenvalue weighted by Gasteiger charge is 2.32. The first-order chi connectivity index (χ1) is 7.58. The van der Waals surface area contributed by atoms with Gasteiger partial charge in [-0.3, -0.25) is 4.79 Å². The maximum Gasteiger partial charge on any atom is 0.304 e. The Kier molecular flexibility index (Phi) is 2.93. The van der Waals surface area contributed by atoms with E-state index in [1.807, 2.05) is 35.1 Å². The Labute approximate surface area is 94.3 Å². The van der Waals surface area contributed by atoms with E-state index in [0.29, 0.717) is 13.0 Å². The zero-order valence-corrected chi connectivity index (χ0v) is 9.40. The summed E-state index contributed by atoms with van der Waals surface area (Å²) in [5.74, 6) is -0.465. The van der Waals surface area contributed by atoms with Gasteiger partial charge in [0, 0.05) is 6.54 Å². The van der Waals surface area contributed by atoms with E-state index in [-0.39, 0.29) is 6.54 Å². The van der Waals surface area contributed by atoms with Gasteiger partial charge in [0.25, 0.3) is 0 Å². The maximum atomic E-state index is 11.4. The second-order valence-electron chi connectivity index (χ2n) is 3.60. The number of rotatable bonds is 3. The Morgan fingerprint density at radius 1 is 1.25 bits per heavy atom. The minimum atomic E-state index is -3.57. The van der Waals surface area contributed by atoms with E-state index in [1.165, 1.54) is 0 Å². The Balaban J connectivity index is 1.99. The van der Waals surface area contributed by atoms with Gasteiger partial charge in [-0.05, 0) is 12.0 Å². The average Bonchev–Trinajstić information content (AvgIpc) is 2.50. The summed E-state index contributed by atoms with van der Waals surface area (Å²) in [5, 5.41) is 0. The van der Waals surface area contributed by atoms with Crippen molar-refractivity contribution >= 4 is 16.1 Å². The van der Waals surface area contributed by atoms with E-state index in [1.54, 1.807) is 0 Å². The third kappa shape index (κ3) is 2.40. The number of benzene rings is 1. The van der Waals surface area contributed by atoms with Gasteiger partial charge in [0.1, 0.15) is 0 Å². The smallest absolute Gasteiger partial charge is 0.272 e. The topological polar surface area (TPSA) is 66.5 Å². The van der Waals surface area contributed by atoms with Crippen molar-refractivity contribution < 1.29 is 13.2 Å². The van der Waals surface area contributed by atoms with Gasteiger partial charge in [-0.2, -0.15) is 12.7 Å². The van der Waals surface area contributed by atoms with Crippen LogP contribution >= 0.6 is 0 Å². The van der Waals surface area contributed by atoms with Crippen LogP contribution in [0.15, 0.2) is 30.3 Å². The van der Waals surface area contributed by atoms with E-state index in [9.17, 15) is 13.2 Å². The van der Waals surface area contributed by atoms with Crippen molar-refractivity contribution in [1.29, 1.82) is 0 Å². The first-order valence-electron chi connectivity index (χ1n) is 4.92. The van der Waals surface area contributed by atoms with Crippen molar-refractivity contribution in [3.05, 3.63) is 35.9 Å². The van der Waals surface area contributed by atoms with Crippen LogP contribution < -0.4 is 4.72 Å². The summed E-state index contributed by atoms with van der Waals surface area (Å²) in [6, 6.07) is 9.56. The molecule has 0 radical (unpaired) electrons. The highest BCUT2D eigenvalue weighted by atomic mass is 32.2. The summed E-state index contributed by atoms with van der Waals surface area (Å²) >= 11 is 0. The zero-order chi connectivity index (χ0) is 11.6. The molecule has 1 aromatic carbocycles. The van der Waals surface area contributed by atoms with E-state index in [4.69, 9.17) is 0 Å². The largest absolute Gasteiger partial charge is 0.304 e. The number of carbonyl (C=O) groups is 1. The predicted molar refractivity (Wildman–Crippen MR) is 58.8 cm³/mol. The summed E-state index contributed by atoms with van der Waals surface area (Å²) < 4.78 is 25.9. The lowest BCUT2D eigenvalue weighted by Gasteiger charge is -2.11. The fraction of sp³-hybridized carbons (Fsp3) is 0.300. The van der Waals surface area contributed by atoms with Gasteiger partial charge in [-0.25, -0.2) is 4.72 Å². The van der Waals surface area contributed by atoms with Crippen LogP contribution in [0.5, 0.6) is 0 Å². The van der Waals surface area contributed by atoms with Crippen molar-refractivity contribution in [3.63, 3.8) is 0 Å². The molecule has 86 valence electrons. The second-order valence-corrected chi connectivity index (χ2v) is 5.27. The van der Waals surface area contributed by atoms with Gasteiger partial charge in [0.15, 0.2) is 0 Å². The molecule has 0 unspecified atom stereocenters. The van der Waals surface area contributed by atoms with E-state index >= 15 is 0 Å². The number of hydrogen-bond donors (Lipinski definition) is 1. The lowest BCUT2D eigenvalue weighted by molar-refractivity contribution is -0.118. The number of nitrogens with one attached hydrogen (secondary N) is 1. The van der Waals surface area contributed by atoms with Crippen LogP contribution in [0.25, 0.3) is 0 Å². The molecule has 1 saturated heterocycles. The highest BCUT2D eigenvalue weighted by Crippen LogP contribution is 2.08. The van der Waals surface area contributed by atoms with Gasteiger partial charge >= 0.3 is 10.2 Å². The Morgan fingerprint density at radius 2 is 1.94 bits per heavy atom. The number of amides is 1. The first kappa shape index (κ1) is 11.1. The molecule has 6 heteroatoms. The highest BCUT2D eigenvalue weighted by molar-refractivity contribution is 7.88. The Morgan fingerprint density at radius 3 is 2.50 bits per heavy atom. The molecule has 1 amide bonds. The molecule has 0 spiro atoms. The van der Waals surface area contributed by atoms with Crippen LogP contribution in [-0.4, -0.2) is 31.7 Å². The summed E-state index contributed by atoms with van der Waals surface area (Å²) in [4.78, 5) is 10.9. The van der Waals surface area contributed by atoms with Crippen molar-refractivity contribution in [1.82, 2.24) is 9.03 Å². The fourth-order valence-electron chi connectivity index (χ4n) is 1.58. The second kappa shape index (κ2) is 4.23. The van der Waals surface area contributed by atoms with Crippen LogP contribution in [0.1, 0.15) is 5.56 Å². The molecule has 1 aliphatic heterocycles. The van der Waals surface area contributed by atoms with Gasteiger partial charge in [-0.15, -0.1) is 0 Å². The molecular weight excluding hydrogens is 228 g/mol. The molecule has 2 rings (SSSR count). The molecule has 0 bridgehead atoms. The monoisotopic (exact) mass is 240 g/mol. The van der Waals surface area contributed by atoms with Crippen molar-refractivity contribution in [3.8, 4) is 0 Å². The fourth-order valence-corrected chi connectivity index (χ4v) is 2.68. The summed E-state index contributed by atoms with van der Waals surface area (Å²) in [7, 11) is -3.57. The molecule has 1 aliphatic rings. The van der Waals surface area contributed by atoms with Gasteiger partial charge in [0.2, 0.25) is 5.91 Å². The van der Waals surface area contributed by atoms with Crippen LogP contribution in [0.2, 0.25) is 0 Å². The lowest BCUT2D eigenvalue weighted by Crippen LogP contribution is -2.31. The number of nitrogens with zero attached hydrogens (tertiary/aromatic N) is 1.